The molecule has 1 aromatic heterocycles. The van der Waals surface area contributed by atoms with Gasteiger partial charge in [-0.2, -0.15) is 0 Å². The molecule has 13 rings (SSSR count). The molecular formula is C64H49N. The third-order valence-electron chi connectivity index (χ3n) is 13.5. The van der Waals surface area contributed by atoms with Gasteiger partial charge in [0.15, 0.2) is 0 Å². The second kappa shape index (κ2) is 16.6. The number of hydrogen-bond acceptors (Lipinski definition) is 0. The Morgan fingerprint density at radius 1 is 0.308 bits per heavy atom. The quantitative estimate of drug-likeness (QED) is 0.167. The van der Waals surface area contributed by atoms with E-state index >= 15 is 0 Å². The first-order valence-electron chi connectivity index (χ1n) is 22.7. The lowest BCUT2D eigenvalue weighted by atomic mass is 9.70. The van der Waals surface area contributed by atoms with E-state index < -0.39 is 0 Å². The first-order valence-corrected chi connectivity index (χ1v) is 22.7. The molecule has 1 heterocycles. The van der Waals surface area contributed by atoms with Crippen LogP contribution in [0.1, 0.15) is 38.9 Å². The van der Waals surface area contributed by atoms with Gasteiger partial charge in [0.2, 0.25) is 0 Å². The Morgan fingerprint density at radius 3 is 1.38 bits per heavy atom. The van der Waals surface area contributed by atoms with Crippen LogP contribution in [0, 0.1) is 20.8 Å². The zero-order valence-electron chi connectivity index (χ0n) is 37.0. The van der Waals surface area contributed by atoms with Gasteiger partial charge >= 0.3 is 0 Å². The van der Waals surface area contributed by atoms with Crippen molar-refractivity contribution in [3.05, 3.63) is 282 Å². The summed E-state index contributed by atoms with van der Waals surface area (Å²) in [4.78, 5) is 0. The summed E-state index contributed by atoms with van der Waals surface area (Å²) >= 11 is 0. The van der Waals surface area contributed by atoms with Crippen molar-refractivity contribution in [1.29, 1.82) is 0 Å². The van der Waals surface area contributed by atoms with Crippen molar-refractivity contribution in [3.63, 3.8) is 0 Å². The van der Waals surface area contributed by atoms with E-state index in [1.807, 2.05) is 6.07 Å². The van der Waals surface area contributed by atoms with Crippen molar-refractivity contribution >= 4 is 21.8 Å². The van der Waals surface area contributed by atoms with Crippen LogP contribution < -0.4 is 0 Å². The predicted molar refractivity (Wildman–Crippen MR) is 275 cm³/mol. The Labute approximate surface area is 382 Å². The van der Waals surface area contributed by atoms with Crippen molar-refractivity contribution < 1.29 is 0 Å². The van der Waals surface area contributed by atoms with Crippen LogP contribution in [0.15, 0.2) is 243 Å². The minimum atomic E-state index is -0.189. The summed E-state index contributed by atoms with van der Waals surface area (Å²) in [7, 11) is 0. The predicted octanol–water partition coefficient (Wildman–Crippen LogP) is 16.8. The Bertz CT molecular complexity index is 3440. The van der Waals surface area contributed by atoms with E-state index in [2.05, 4.69) is 262 Å². The zero-order valence-corrected chi connectivity index (χ0v) is 37.0. The van der Waals surface area contributed by atoms with Crippen LogP contribution in [0.3, 0.4) is 0 Å². The first-order chi connectivity index (χ1) is 32.0. The number of benzene rings is 10. The van der Waals surface area contributed by atoms with Gasteiger partial charge in [0.1, 0.15) is 0 Å². The molecule has 0 unspecified atom stereocenters. The van der Waals surface area contributed by atoms with Crippen molar-refractivity contribution in [1.82, 2.24) is 4.57 Å². The van der Waals surface area contributed by atoms with Gasteiger partial charge in [-0.05, 0) is 123 Å². The lowest BCUT2D eigenvalue weighted by Crippen LogP contribution is -2.25. The van der Waals surface area contributed by atoms with Crippen LogP contribution in [-0.2, 0) is 5.41 Å². The molecule has 11 aromatic rings. The van der Waals surface area contributed by atoms with E-state index in [-0.39, 0.29) is 5.41 Å². The Morgan fingerprint density at radius 2 is 0.754 bits per heavy atom. The molecule has 65 heavy (non-hydrogen) atoms. The maximum Gasteiger partial charge on any atom is 0.0725 e. The standard InChI is InChI=1S/C26H18.C25H19N.C13H12/c1-17-9-8-16-24-25(17)20-12-4-7-15-23(20)26(24)21-13-5-2-10-18(21)19-11-3-6-14-22(19)26;1-18-11-13-19(14-12-18)20-15-16-25-23(17-20)22-9-5-6-10-24(22)26(25)21-7-3-2-4-8-21;1-11-7-9-13(10-8-11)12-5-3-2-4-6-12/h2-16H,1H3;2-17H,1H3;2-10H,1H3. The van der Waals surface area contributed by atoms with Crippen LogP contribution in [0.25, 0.3) is 72.0 Å². The number of aromatic nitrogens is 1. The SMILES string of the molecule is Cc1ccc(-c2ccc3c(c2)c2ccccc2n3-c2ccccc2)cc1.Cc1ccc(-c2ccccc2)cc1.Cc1cccc2c1-c1ccccc1C21c2ccccc2-c2ccccc21. The van der Waals surface area contributed by atoms with Crippen LogP contribution >= 0.6 is 0 Å². The highest BCUT2D eigenvalue weighted by molar-refractivity contribution is 6.10. The highest BCUT2D eigenvalue weighted by Crippen LogP contribution is 2.63. The summed E-state index contributed by atoms with van der Waals surface area (Å²) in [6, 6.07) is 87.5. The molecule has 1 nitrogen and oxygen atoms in total. The molecule has 0 saturated heterocycles. The molecule has 0 fully saturated rings. The van der Waals surface area contributed by atoms with Crippen molar-refractivity contribution in [3.8, 4) is 50.2 Å². The summed E-state index contributed by atoms with van der Waals surface area (Å²) in [6.07, 6.45) is 0. The Kier molecular flexibility index (Phi) is 10.2. The fourth-order valence-corrected chi connectivity index (χ4v) is 10.5. The smallest absolute Gasteiger partial charge is 0.0725 e. The van der Waals surface area contributed by atoms with E-state index in [0.29, 0.717) is 0 Å². The summed E-state index contributed by atoms with van der Waals surface area (Å²) < 4.78 is 2.35. The second-order valence-corrected chi connectivity index (χ2v) is 17.4. The monoisotopic (exact) mass is 831 g/mol. The molecule has 2 aliphatic rings. The highest BCUT2D eigenvalue weighted by Gasteiger charge is 2.51. The molecule has 1 spiro atoms. The molecule has 0 N–H and O–H groups in total. The largest absolute Gasteiger partial charge is 0.309 e. The summed E-state index contributed by atoms with van der Waals surface area (Å²) in [5, 5.41) is 2.59. The molecule has 10 aromatic carbocycles. The number of rotatable bonds is 3. The second-order valence-electron chi connectivity index (χ2n) is 17.4. The van der Waals surface area contributed by atoms with Gasteiger partial charge in [-0.3, -0.25) is 0 Å². The maximum absolute atomic E-state index is 2.35. The van der Waals surface area contributed by atoms with Gasteiger partial charge in [0, 0.05) is 16.5 Å². The maximum atomic E-state index is 2.35. The summed E-state index contributed by atoms with van der Waals surface area (Å²) in [5.41, 5.74) is 23.7. The molecule has 0 bridgehead atoms. The normalized spacial score (nSPS) is 12.4. The number of fused-ring (bicyclic) bond motifs is 13. The molecule has 310 valence electrons. The molecule has 1 heteroatoms. The van der Waals surface area contributed by atoms with Crippen LogP contribution in [0.2, 0.25) is 0 Å². The number of nitrogens with zero attached hydrogens (tertiary/aromatic N) is 1. The Hall–Kier alpha value is -8.00. The van der Waals surface area contributed by atoms with Crippen LogP contribution in [0.5, 0.6) is 0 Å². The lowest BCUT2D eigenvalue weighted by Gasteiger charge is -2.30. The van der Waals surface area contributed by atoms with Crippen LogP contribution in [0.4, 0.5) is 0 Å². The van der Waals surface area contributed by atoms with Crippen molar-refractivity contribution in [2.45, 2.75) is 26.2 Å². The van der Waals surface area contributed by atoms with Gasteiger partial charge in [0.25, 0.3) is 0 Å². The molecule has 0 radical (unpaired) electrons. The third kappa shape index (κ3) is 6.80. The van der Waals surface area contributed by atoms with Crippen LogP contribution in [-0.4, -0.2) is 4.57 Å². The molecule has 2 aliphatic carbocycles. The van der Waals surface area contributed by atoms with Crippen molar-refractivity contribution in [2.24, 2.45) is 0 Å². The van der Waals surface area contributed by atoms with Gasteiger partial charge in [-0.15, -0.1) is 0 Å². The molecular weight excluding hydrogens is 783 g/mol. The van der Waals surface area contributed by atoms with E-state index in [1.54, 1.807) is 0 Å². The minimum absolute atomic E-state index is 0.189. The summed E-state index contributed by atoms with van der Waals surface area (Å²) in [6.45, 7) is 6.47. The molecule has 0 amide bonds. The topological polar surface area (TPSA) is 4.93 Å². The number of aryl methyl sites for hydroxylation is 3. The van der Waals surface area contributed by atoms with Gasteiger partial charge in [0.05, 0.1) is 16.4 Å². The average molecular weight is 832 g/mol. The lowest BCUT2D eigenvalue weighted by molar-refractivity contribution is 0.793. The highest BCUT2D eigenvalue weighted by atomic mass is 15.0. The fraction of sp³-hybridized carbons (Fsp3) is 0.0625. The van der Waals surface area contributed by atoms with E-state index in [4.69, 9.17) is 0 Å². The van der Waals surface area contributed by atoms with Gasteiger partial charge in [-0.25, -0.2) is 0 Å². The fourth-order valence-electron chi connectivity index (χ4n) is 10.5. The van der Waals surface area contributed by atoms with Gasteiger partial charge < -0.3 is 4.57 Å². The molecule has 0 saturated carbocycles. The zero-order chi connectivity index (χ0) is 43.9. The molecule has 0 aliphatic heterocycles. The van der Waals surface area contributed by atoms with E-state index in [1.165, 1.54) is 111 Å². The first kappa shape index (κ1) is 39.8. The van der Waals surface area contributed by atoms with Gasteiger partial charge in [-0.1, -0.05) is 223 Å². The Balaban J connectivity index is 0.000000115. The number of para-hydroxylation sites is 2. The van der Waals surface area contributed by atoms with Crippen molar-refractivity contribution in [2.75, 3.05) is 0 Å². The van der Waals surface area contributed by atoms with E-state index in [9.17, 15) is 0 Å². The average Bonchev–Trinajstić information content (AvgIpc) is 3.98. The summed E-state index contributed by atoms with van der Waals surface area (Å²) in [5.74, 6) is 0. The minimum Gasteiger partial charge on any atom is -0.309 e. The van der Waals surface area contributed by atoms with E-state index in [0.717, 1.165) is 0 Å². The third-order valence-corrected chi connectivity index (χ3v) is 13.5. The number of hydrogen-bond donors (Lipinski definition) is 0. The molecule has 0 atom stereocenters.